The number of benzene rings is 2. The van der Waals surface area contributed by atoms with Crippen LogP contribution in [0, 0.1) is 5.41 Å². The number of aromatic nitrogens is 1. The minimum absolute atomic E-state index is 0.102. The van der Waals surface area contributed by atoms with Gasteiger partial charge in [0.25, 0.3) is 0 Å². The molecule has 1 aromatic heterocycles. The third kappa shape index (κ3) is 3.90. The van der Waals surface area contributed by atoms with E-state index >= 15 is 0 Å². The second-order valence-corrected chi connectivity index (χ2v) is 10.2. The highest BCUT2D eigenvalue weighted by molar-refractivity contribution is 7.92. The number of amides is 1. The first kappa shape index (κ1) is 19.6. The summed E-state index contributed by atoms with van der Waals surface area (Å²) in [5.74, 6) is -0.310. The van der Waals surface area contributed by atoms with Crippen molar-refractivity contribution in [2.45, 2.75) is 19.3 Å². The average Bonchev–Trinajstić information content (AvgIpc) is 3.26. The van der Waals surface area contributed by atoms with Crippen molar-refractivity contribution in [3.8, 4) is 0 Å². The van der Waals surface area contributed by atoms with E-state index in [9.17, 15) is 13.2 Å². The van der Waals surface area contributed by atoms with Gasteiger partial charge in [-0.1, -0.05) is 36.4 Å². The molecule has 2 atom stereocenters. The lowest BCUT2D eigenvalue weighted by atomic mass is 9.73. The van der Waals surface area contributed by atoms with Crippen LogP contribution in [0.5, 0.6) is 0 Å². The molecule has 3 aromatic rings. The summed E-state index contributed by atoms with van der Waals surface area (Å²) in [5, 5.41) is 5.34. The summed E-state index contributed by atoms with van der Waals surface area (Å²) in [5.41, 5.74) is 2.77. The first-order valence-electron chi connectivity index (χ1n) is 9.13. The Morgan fingerprint density at radius 3 is 2.62 bits per heavy atom. The summed E-state index contributed by atoms with van der Waals surface area (Å²) in [6.07, 6.45) is 3.34. The molecule has 2 aromatic carbocycles. The Kier molecular flexibility index (Phi) is 4.92. The van der Waals surface area contributed by atoms with E-state index in [0.717, 1.165) is 22.9 Å². The minimum atomic E-state index is -3.39. The van der Waals surface area contributed by atoms with Crippen molar-refractivity contribution in [1.29, 1.82) is 0 Å². The van der Waals surface area contributed by atoms with E-state index in [2.05, 4.69) is 15.0 Å². The van der Waals surface area contributed by atoms with E-state index in [1.54, 1.807) is 12.3 Å². The molecule has 6 nitrogen and oxygen atoms in total. The predicted molar refractivity (Wildman–Crippen MR) is 116 cm³/mol. The lowest BCUT2D eigenvalue weighted by Gasteiger charge is -2.31. The quantitative estimate of drug-likeness (QED) is 0.647. The van der Waals surface area contributed by atoms with Gasteiger partial charge in [0.1, 0.15) is 0 Å². The number of carbonyl (C=O) groups is 1. The van der Waals surface area contributed by atoms with Crippen LogP contribution in [0.3, 0.4) is 0 Å². The number of rotatable bonds is 5. The van der Waals surface area contributed by atoms with Crippen LogP contribution >= 0.6 is 11.3 Å². The van der Waals surface area contributed by atoms with Gasteiger partial charge in [0.05, 0.1) is 11.7 Å². The van der Waals surface area contributed by atoms with Crippen molar-refractivity contribution < 1.29 is 13.2 Å². The fourth-order valence-corrected chi connectivity index (χ4v) is 5.15. The number of carbonyl (C=O) groups excluding carboxylic acids is 1. The molecule has 4 rings (SSSR count). The molecule has 0 saturated carbocycles. The third-order valence-corrected chi connectivity index (χ3v) is 6.55. The molecule has 0 spiro atoms. The molecule has 150 valence electrons. The van der Waals surface area contributed by atoms with Crippen molar-refractivity contribution in [1.82, 2.24) is 4.98 Å². The molecule has 2 unspecified atom stereocenters. The van der Waals surface area contributed by atoms with Gasteiger partial charge in [0.15, 0.2) is 5.13 Å². The Morgan fingerprint density at radius 2 is 1.97 bits per heavy atom. The van der Waals surface area contributed by atoms with E-state index in [1.165, 1.54) is 11.3 Å². The fraction of sp³-hybridized carbons (Fsp3) is 0.238. The molecule has 8 heteroatoms. The molecular formula is C21H21N3O3S2. The highest BCUT2D eigenvalue weighted by atomic mass is 32.2. The first-order chi connectivity index (χ1) is 13.8. The molecular weight excluding hydrogens is 406 g/mol. The zero-order chi connectivity index (χ0) is 20.6. The summed E-state index contributed by atoms with van der Waals surface area (Å²) >= 11 is 1.38. The topological polar surface area (TPSA) is 88.2 Å². The molecule has 1 heterocycles. The van der Waals surface area contributed by atoms with Gasteiger partial charge in [-0.3, -0.25) is 9.52 Å². The highest BCUT2D eigenvalue weighted by Gasteiger charge is 2.49. The maximum absolute atomic E-state index is 13.3. The zero-order valence-electron chi connectivity index (χ0n) is 16.0. The summed E-state index contributed by atoms with van der Waals surface area (Å²) in [4.78, 5) is 17.5. The van der Waals surface area contributed by atoms with E-state index in [0.29, 0.717) is 17.2 Å². The van der Waals surface area contributed by atoms with Crippen LogP contribution in [-0.2, 0) is 21.2 Å². The number of hydrogen-bond acceptors (Lipinski definition) is 5. The third-order valence-electron chi connectivity index (χ3n) is 5.26. The van der Waals surface area contributed by atoms with E-state index in [1.807, 2.05) is 54.8 Å². The molecule has 0 aliphatic heterocycles. The number of sulfonamides is 1. The summed E-state index contributed by atoms with van der Waals surface area (Å²) in [7, 11) is -3.39. The Hall–Kier alpha value is -2.71. The van der Waals surface area contributed by atoms with Crippen molar-refractivity contribution in [2.75, 3.05) is 16.3 Å². The van der Waals surface area contributed by atoms with Gasteiger partial charge < -0.3 is 5.32 Å². The maximum Gasteiger partial charge on any atom is 0.233 e. The molecule has 0 saturated heterocycles. The number of nitrogens with one attached hydrogen (secondary N) is 2. The minimum Gasteiger partial charge on any atom is -0.301 e. The van der Waals surface area contributed by atoms with Gasteiger partial charge in [-0.25, -0.2) is 13.4 Å². The van der Waals surface area contributed by atoms with Crippen LogP contribution in [0.1, 0.15) is 29.5 Å². The second kappa shape index (κ2) is 7.27. The van der Waals surface area contributed by atoms with Crippen LogP contribution in [0.4, 0.5) is 10.8 Å². The summed E-state index contributed by atoms with van der Waals surface area (Å²) in [6, 6.07) is 15.3. The first-order valence-corrected chi connectivity index (χ1v) is 11.9. The van der Waals surface area contributed by atoms with Gasteiger partial charge in [0, 0.05) is 23.2 Å². The van der Waals surface area contributed by atoms with Crippen LogP contribution in [0.2, 0.25) is 0 Å². The van der Waals surface area contributed by atoms with Crippen LogP contribution in [-0.4, -0.2) is 25.6 Å². The number of anilines is 2. The van der Waals surface area contributed by atoms with Crippen molar-refractivity contribution in [3.05, 3.63) is 76.8 Å². The molecule has 0 fully saturated rings. The van der Waals surface area contributed by atoms with E-state index in [4.69, 9.17) is 0 Å². The van der Waals surface area contributed by atoms with Crippen LogP contribution < -0.4 is 10.0 Å². The van der Waals surface area contributed by atoms with Crippen molar-refractivity contribution in [2.24, 2.45) is 5.41 Å². The van der Waals surface area contributed by atoms with Crippen molar-refractivity contribution in [3.63, 3.8) is 0 Å². The van der Waals surface area contributed by atoms with E-state index < -0.39 is 15.4 Å². The van der Waals surface area contributed by atoms with E-state index in [-0.39, 0.29) is 11.8 Å². The monoisotopic (exact) mass is 427 g/mol. The Balaban J connectivity index is 1.78. The second-order valence-electron chi connectivity index (χ2n) is 7.52. The van der Waals surface area contributed by atoms with Gasteiger partial charge in [-0.15, -0.1) is 11.3 Å². The maximum atomic E-state index is 13.3. The SMILES string of the molecule is CC1(C(=O)Nc2nccs2)Cc2ccc(NS(C)(=O)=O)cc2C1c1ccccc1. The summed E-state index contributed by atoms with van der Waals surface area (Å²) in [6.45, 7) is 1.96. The van der Waals surface area contributed by atoms with Gasteiger partial charge in [0.2, 0.25) is 15.9 Å². The standard InChI is InChI=1S/C21H21N3O3S2/c1-21(19(25)23-20-22-10-11-28-20)13-15-8-9-16(24-29(2,26)27)12-17(15)18(21)14-6-4-3-5-7-14/h3-12,18,24H,13H2,1-2H3,(H,22,23,25). The smallest absolute Gasteiger partial charge is 0.233 e. The fourth-order valence-electron chi connectivity index (χ4n) is 4.07. The zero-order valence-corrected chi connectivity index (χ0v) is 17.7. The number of nitrogens with zero attached hydrogens (tertiary/aromatic N) is 1. The Labute approximate surface area is 174 Å². The number of thiazole rings is 1. The Bertz CT molecular complexity index is 1150. The Morgan fingerprint density at radius 1 is 1.21 bits per heavy atom. The number of fused-ring (bicyclic) bond motifs is 1. The van der Waals surface area contributed by atoms with Crippen molar-refractivity contribution >= 4 is 38.1 Å². The lowest BCUT2D eigenvalue weighted by Crippen LogP contribution is -2.37. The highest BCUT2D eigenvalue weighted by Crippen LogP contribution is 2.52. The molecule has 0 radical (unpaired) electrons. The van der Waals surface area contributed by atoms with Gasteiger partial charge in [-0.05, 0) is 42.2 Å². The normalized spacial score (nSPS) is 20.8. The van der Waals surface area contributed by atoms with Gasteiger partial charge >= 0.3 is 0 Å². The summed E-state index contributed by atoms with van der Waals surface area (Å²) < 4.78 is 25.9. The molecule has 1 amide bonds. The number of hydrogen-bond donors (Lipinski definition) is 2. The molecule has 1 aliphatic rings. The van der Waals surface area contributed by atoms with Crippen LogP contribution in [0.15, 0.2) is 60.1 Å². The van der Waals surface area contributed by atoms with Crippen LogP contribution in [0.25, 0.3) is 0 Å². The molecule has 29 heavy (non-hydrogen) atoms. The average molecular weight is 428 g/mol. The molecule has 1 aliphatic carbocycles. The molecule has 2 N–H and O–H groups in total. The predicted octanol–water partition coefficient (Wildman–Crippen LogP) is 3.85. The largest absolute Gasteiger partial charge is 0.301 e. The molecule has 0 bridgehead atoms. The lowest BCUT2D eigenvalue weighted by molar-refractivity contribution is -0.125. The van der Waals surface area contributed by atoms with Gasteiger partial charge in [-0.2, -0.15) is 0 Å².